The maximum absolute atomic E-state index is 13.0. The summed E-state index contributed by atoms with van der Waals surface area (Å²) in [7, 11) is 1.51. The largest absolute Gasteiger partial charge is 0.494 e. The molecule has 3 amide bonds. The Morgan fingerprint density at radius 2 is 1.88 bits per heavy atom. The van der Waals surface area contributed by atoms with E-state index in [2.05, 4.69) is 10.6 Å². The first-order valence-corrected chi connectivity index (χ1v) is 11.0. The number of carbonyl (C=O) groups excluding carboxylic acids is 3. The summed E-state index contributed by atoms with van der Waals surface area (Å²) in [4.78, 5) is 39.4. The van der Waals surface area contributed by atoms with Crippen molar-refractivity contribution in [2.45, 2.75) is 32.7 Å². The second-order valence-electron chi connectivity index (χ2n) is 7.84. The van der Waals surface area contributed by atoms with Gasteiger partial charge in [-0.3, -0.25) is 14.4 Å². The van der Waals surface area contributed by atoms with E-state index in [-0.39, 0.29) is 28.3 Å². The van der Waals surface area contributed by atoms with Crippen molar-refractivity contribution in [3.8, 4) is 5.75 Å². The monoisotopic (exact) mass is 477 g/mol. The van der Waals surface area contributed by atoms with E-state index in [1.807, 2.05) is 13.8 Å². The molecule has 1 atom stereocenters. The zero-order valence-electron chi connectivity index (χ0n) is 18.1. The van der Waals surface area contributed by atoms with E-state index in [0.717, 1.165) is 6.42 Å². The molecular weight excluding hydrogens is 453 g/mol. The second kappa shape index (κ2) is 10.2. The van der Waals surface area contributed by atoms with Crippen LogP contribution in [-0.2, 0) is 9.59 Å². The molecule has 0 radical (unpaired) electrons. The minimum Gasteiger partial charge on any atom is -0.494 e. The minimum absolute atomic E-state index is 0.0449. The first kappa shape index (κ1) is 23.9. The lowest BCUT2D eigenvalue weighted by Gasteiger charge is -2.23. The molecule has 170 valence electrons. The van der Waals surface area contributed by atoms with E-state index in [0.29, 0.717) is 35.1 Å². The quantitative estimate of drug-likeness (QED) is 0.613. The van der Waals surface area contributed by atoms with Gasteiger partial charge >= 0.3 is 0 Å². The van der Waals surface area contributed by atoms with E-state index in [1.54, 1.807) is 29.2 Å². The number of anilines is 2. The van der Waals surface area contributed by atoms with E-state index in [1.165, 1.54) is 19.2 Å². The molecule has 1 saturated heterocycles. The van der Waals surface area contributed by atoms with Crippen LogP contribution in [0.2, 0.25) is 10.0 Å². The Bertz CT molecular complexity index is 1040. The summed E-state index contributed by atoms with van der Waals surface area (Å²) >= 11 is 12.0. The highest BCUT2D eigenvalue weighted by Gasteiger charge is 2.27. The molecule has 9 heteroatoms. The Kier molecular flexibility index (Phi) is 7.64. The molecule has 2 aromatic carbocycles. The van der Waals surface area contributed by atoms with Crippen molar-refractivity contribution in [1.29, 1.82) is 0 Å². The molecular formula is C23H25Cl2N3O4. The maximum Gasteiger partial charge on any atom is 0.253 e. The molecule has 1 aliphatic rings. The zero-order chi connectivity index (χ0) is 23.4. The number of rotatable bonds is 7. The predicted octanol–water partition coefficient (Wildman–Crippen LogP) is 4.52. The third-order valence-corrected chi connectivity index (χ3v) is 5.77. The van der Waals surface area contributed by atoms with E-state index >= 15 is 0 Å². The minimum atomic E-state index is -0.805. The fraction of sp³-hybridized carbons (Fsp3) is 0.348. The third kappa shape index (κ3) is 5.34. The molecule has 1 unspecified atom stereocenters. The van der Waals surface area contributed by atoms with Crippen molar-refractivity contribution in [1.82, 2.24) is 5.32 Å². The standard InChI is InChI=1S/C23H25Cl2N3O4/c1-13(2)21(27-22(30)16-8-6-14(24)11-17(16)25)23(31)26-15-7-9-18(19(12-15)32-3)28-10-4-5-20(28)29/h6-9,11-13,21H,4-5,10H2,1-3H3,(H,26,31)(H,27,30). The fourth-order valence-electron chi connectivity index (χ4n) is 3.53. The molecule has 32 heavy (non-hydrogen) atoms. The van der Waals surface area contributed by atoms with Crippen LogP contribution >= 0.6 is 23.2 Å². The van der Waals surface area contributed by atoms with Gasteiger partial charge in [0.05, 0.1) is 23.4 Å². The fourth-order valence-corrected chi connectivity index (χ4v) is 4.02. The first-order chi connectivity index (χ1) is 15.2. The number of benzene rings is 2. The Balaban J connectivity index is 1.75. The molecule has 0 aromatic heterocycles. The van der Waals surface area contributed by atoms with Crippen molar-refractivity contribution in [3.63, 3.8) is 0 Å². The summed E-state index contributed by atoms with van der Waals surface area (Å²) in [6.45, 7) is 4.29. The summed E-state index contributed by atoms with van der Waals surface area (Å²) in [5.74, 6) is -0.514. The number of halogens is 2. The third-order valence-electron chi connectivity index (χ3n) is 5.22. The number of amides is 3. The maximum atomic E-state index is 13.0. The van der Waals surface area contributed by atoms with Crippen LogP contribution in [-0.4, -0.2) is 37.4 Å². The van der Waals surface area contributed by atoms with Gasteiger partial charge in [0.15, 0.2) is 0 Å². The number of hydrogen-bond acceptors (Lipinski definition) is 4. The van der Waals surface area contributed by atoms with Crippen molar-refractivity contribution < 1.29 is 19.1 Å². The molecule has 0 bridgehead atoms. The molecule has 0 aliphatic carbocycles. The van der Waals surface area contributed by atoms with Gasteiger partial charge in [-0.2, -0.15) is 0 Å². The zero-order valence-corrected chi connectivity index (χ0v) is 19.6. The molecule has 1 fully saturated rings. The van der Waals surface area contributed by atoms with Crippen molar-refractivity contribution in [2.75, 3.05) is 23.9 Å². The molecule has 0 spiro atoms. The first-order valence-electron chi connectivity index (χ1n) is 10.3. The van der Waals surface area contributed by atoms with Crippen LogP contribution in [0.4, 0.5) is 11.4 Å². The number of nitrogens with one attached hydrogen (secondary N) is 2. The number of hydrogen-bond donors (Lipinski definition) is 2. The average Bonchev–Trinajstić information content (AvgIpc) is 3.17. The number of carbonyl (C=O) groups is 3. The SMILES string of the molecule is COc1cc(NC(=O)C(NC(=O)c2ccc(Cl)cc2Cl)C(C)C)ccc1N1CCCC1=O. The lowest BCUT2D eigenvalue weighted by molar-refractivity contribution is -0.119. The smallest absolute Gasteiger partial charge is 0.253 e. The highest BCUT2D eigenvalue weighted by molar-refractivity contribution is 6.36. The molecule has 7 nitrogen and oxygen atoms in total. The van der Waals surface area contributed by atoms with Gasteiger partial charge in [0.25, 0.3) is 5.91 Å². The van der Waals surface area contributed by atoms with Crippen LogP contribution in [0, 0.1) is 5.92 Å². The topological polar surface area (TPSA) is 87.7 Å². The van der Waals surface area contributed by atoms with Crippen molar-refractivity contribution >= 4 is 52.3 Å². The number of nitrogens with zero attached hydrogens (tertiary/aromatic N) is 1. The van der Waals surface area contributed by atoms with Crippen molar-refractivity contribution in [3.05, 3.63) is 52.0 Å². The highest BCUT2D eigenvalue weighted by Crippen LogP contribution is 2.34. The average molecular weight is 478 g/mol. The summed E-state index contributed by atoms with van der Waals surface area (Å²) in [6, 6.07) is 8.85. The Morgan fingerprint density at radius 3 is 2.47 bits per heavy atom. The molecule has 3 rings (SSSR count). The Labute approximate surface area is 197 Å². The van der Waals surface area contributed by atoms with Crippen LogP contribution in [0.3, 0.4) is 0 Å². The van der Waals surface area contributed by atoms with E-state index in [9.17, 15) is 14.4 Å². The van der Waals surface area contributed by atoms with Crippen LogP contribution in [0.15, 0.2) is 36.4 Å². The summed E-state index contributed by atoms with van der Waals surface area (Å²) in [5, 5.41) is 6.18. The summed E-state index contributed by atoms with van der Waals surface area (Å²) in [5.41, 5.74) is 1.39. The Hall–Kier alpha value is -2.77. The molecule has 2 N–H and O–H groups in total. The van der Waals surface area contributed by atoms with E-state index in [4.69, 9.17) is 27.9 Å². The van der Waals surface area contributed by atoms with Gasteiger partial charge in [0.1, 0.15) is 11.8 Å². The number of ether oxygens (including phenoxy) is 1. The number of methoxy groups -OCH3 is 1. The van der Waals surface area contributed by atoms with Gasteiger partial charge in [-0.05, 0) is 42.7 Å². The van der Waals surface area contributed by atoms with Gasteiger partial charge < -0.3 is 20.3 Å². The predicted molar refractivity (Wildman–Crippen MR) is 126 cm³/mol. The molecule has 1 aliphatic heterocycles. The normalized spacial score (nSPS) is 14.4. The van der Waals surface area contributed by atoms with Gasteiger partial charge in [0, 0.05) is 29.7 Å². The summed E-state index contributed by atoms with van der Waals surface area (Å²) in [6.07, 6.45) is 1.31. The van der Waals surface area contributed by atoms with Crippen LogP contribution in [0.1, 0.15) is 37.0 Å². The van der Waals surface area contributed by atoms with Gasteiger partial charge in [-0.15, -0.1) is 0 Å². The van der Waals surface area contributed by atoms with Crippen LogP contribution in [0.5, 0.6) is 5.75 Å². The molecule has 0 saturated carbocycles. The van der Waals surface area contributed by atoms with Crippen molar-refractivity contribution in [2.24, 2.45) is 5.92 Å². The van der Waals surface area contributed by atoms with Gasteiger partial charge in [-0.1, -0.05) is 37.0 Å². The lowest BCUT2D eigenvalue weighted by atomic mass is 10.0. The molecule has 2 aromatic rings. The lowest BCUT2D eigenvalue weighted by Crippen LogP contribution is -2.47. The van der Waals surface area contributed by atoms with E-state index < -0.39 is 11.9 Å². The Morgan fingerprint density at radius 1 is 1.12 bits per heavy atom. The summed E-state index contributed by atoms with van der Waals surface area (Å²) < 4.78 is 5.44. The van der Waals surface area contributed by atoms with Gasteiger partial charge in [-0.25, -0.2) is 0 Å². The highest BCUT2D eigenvalue weighted by atomic mass is 35.5. The van der Waals surface area contributed by atoms with Crippen LogP contribution < -0.4 is 20.3 Å². The van der Waals surface area contributed by atoms with Gasteiger partial charge in [0.2, 0.25) is 11.8 Å². The molecule has 1 heterocycles. The second-order valence-corrected chi connectivity index (χ2v) is 8.69. The van der Waals surface area contributed by atoms with Crippen LogP contribution in [0.25, 0.3) is 0 Å².